The van der Waals surface area contributed by atoms with Crippen LogP contribution < -0.4 is 4.74 Å². The molecule has 2 rings (SSSR count). The molecule has 4 nitrogen and oxygen atoms in total. The second-order valence-electron chi connectivity index (χ2n) is 5.22. The van der Waals surface area contributed by atoms with Crippen molar-refractivity contribution < 1.29 is 14.6 Å². The summed E-state index contributed by atoms with van der Waals surface area (Å²) in [5.74, 6) is 0.672. The molecule has 2 atom stereocenters. The number of ether oxygens (including phenoxy) is 2. The fourth-order valence-corrected chi connectivity index (χ4v) is 2.48. The van der Waals surface area contributed by atoms with Gasteiger partial charge in [-0.05, 0) is 19.4 Å². The van der Waals surface area contributed by atoms with Gasteiger partial charge in [0, 0.05) is 24.6 Å². The van der Waals surface area contributed by atoms with Crippen molar-refractivity contribution in [2.75, 3.05) is 13.7 Å². The summed E-state index contributed by atoms with van der Waals surface area (Å²) in [6.07, 6.45) is 5.42. The summed E-state index contributed by atoms with van der Waals surface area (Å²) in [7, 11) is 1.60. The minimum absolute atomic E-state index is 0.268. The topological polar surface area (TPSA) is 51.6 Å². The van der Waals surface area contributed by atoms with Gasteiger partial charge in [0.05, 0.1) is 31.1 Å². The van der Waals surface area contributed by atoms with Crippen LogP contribution in [0.4, 0.5) is 0 Å². The number of rotatable bonds is 3. The Balaban J connectivity index is 2.29. The first-order valence-electron chi connectivity index (χ1n) is 6.37. The first kappa shape index (κ1) is 13.3. The number of hydrogen-bond donors (Lipinski definition) is 1. The molecule has 0 bridgehead atoms. The maximum atomic E-state index is 10.9. The third-order valence-electron chi connectivity index (χ3n) is 3.87. The lowest BCUT2D eigenvalue weighted by Crippen LogP contribution is -2.45. The highest BCUT2D eigenvalue weighted by atomic mass is 16.5. The van der Waals surface area contributed by atoms with Crippen molar-refractivity contribution in [3.63, 3.8) is 0 Å². The second-order valence-corrected chi connectivity index (χ2v) is 5.22. The van der Waals surface area contributed by atoms with E-state index in [4.69, 9.17) is 9.47 Å². The van der Waals surface area contributed by atoms with Crippen LogP contribution in [0.15, 0.2) is 18.5 Å². The maximum Gasteiger partial charge on any atom is 0.137 e. The molecule has 0 spiro atoms. The van der Waals surface area contributed by atoms with Crippen molar-refractivity contribution in [1.82, 2.24) is 4.98 Å². The molecule has 0 aliphatic carbocycles. The van der Waals surface area contributed by atoms with Crippen LogP contribution in [0.1, 0.15) is 38.7 Å². The van der Waals surface area contributed by atoms with E-state index in [-0.39, 0.29) is 5.60 Å². The van der Waals surface area contributed by atoms with Crippen molar-refractivity contribution in [2.45, 2.75) is 44.3 Å². The molecule has 1 aliphatic rings. The van der Waals surface area contributed by atoms with Crippen molar-refractivity contribution >= 4 is 0 Å². The molecule has 1 aliphatic heterocycles. The molecule has 100 valence electrons. The standard InChI is InChI=1S/C14H21NO3/c1-4-13(2)10-14(16,5-6-18-13)11-7-12(17-3)9-15-8-11/h7-9,16H,4-6,10H2,1-3H3. The van der Waals surface area contributed by atoms with Crippen molar-refractivity contribution in [3.8, 4) is 5.75 Å². The Kier molecular flexibility index (Phi) is 3.59. The Morgan fingerprint density at radius 2 is 2.28 bits per heavy atom. The highest BCUT2D eigenvalue weighted by Crippen LogP contribution is 2.41. The molecular weight excluding hydrogens is 230 g/mol. The monoisotopic (exact) mass is 251 g/mol. The van der Waals surface area contributed by atoms with E-state index >= 15 is 0 Å². The predicted octanol–water partition coefficient (Wildman–Crippen LogP) is 2.26. The molecule has 1 N–H and O–H groups in total. The third-order valence-corrected chi connectivity index (χ3v) is 3.87. The Hall–Kier alpha value is -1.13. The minimum Gasteiger partial charge on any atom is -0.495 e. The molecule has 4 heteroatoms. The van der Waals surface area contributed by atoms with Crippen LogP contribution in [-0.2, 0) is 10.3 Å². The zero-order chi connectivity index (χ0) is 13.2. The van der Waals surface area contributed by atoms with Gasteiger partial charge in [-0.1, -0.05) is 6.92 Å². The SMILES string of the molecule is CCC1(C)CC(O)(c2cncc(OC)c2)CCO1. The quantitative estimate of drug-likeness (QED) is 0.895. The molecule has 2 heterocycles. The van der Waals surface area contributed by atoms with Crippen LogP contribution in [0, 0.1) is 0 Å². The number of aromatic nitrogens is 1. The Morgan fingerprint density at radius 1 is 1.50 bits per heavy atom. The molecule has 2 unspecified atom stereocenters. The molecule has 18 heavy (non-hydrogen) atoms. The molecule has 1 aromatic heterocycles. The minimum atomic E-state index is -0.870. The zero-order valence-electron chi connectivity index (χ0n) is 11.3. The van der Waals surface area contributed by atoms with Gasteiger partial charge in [-0.2, -0.15) is 0 Å². The van der Waals surface area contributed by atoms with Crippen molar-refractivity contribution in [1.29, 1.82) is 0 Å². The zero-order valence-corrected chi connectivity index (χ0v) is 11.3. The summed E-state index contributed by atoms with van der Waals surface area (Å²) in [6.45, 7) is 4.69. The molecule has 0 radical (unpaired) electrons. The lowest BCUT2D eigenvalue weighted by atomic mass is 9.78. The van der Waals surface area contributed by atoms with Gasteiger partial charge in [-0.15, -0.1) is 0 Å². The van der Waals surface area contributed by atoms with E-state index in [9.17, 15) is 5.11 Å². The van der Waals surface area contributed by atoms with E-state index in [1.165, 1.54) is 0 Å². The first-order valence-corrected chi connectivity index (χ1v) is 6.37. The molecule has 1 aromatic rings. The van der Waals surface area contributed by atoms with Gasteiger partial charge in [-0.25, -0.2) is 0 Å². The number of methoxy groups -OCH3 is 1. The molecule has 0 saturated carbocycles. The van der Waals surface area contributed by atoms with Crippen LogP contribution in [0.5, 0.6) is 5.75 Å². The summed E-state index contributed by atoms with van der Waals surface area (Å²) in [5, 5.41) is 10.9. The van der Waals surface area contributed by atoms with E-state index in [1.54, 1.807) is 19.5 Å². The second kappa shape index (κ2) is 4.86. The highest BCUT2D eigenvalue weighted by molar-refractivity contribution is 5.29. The van der Waals surface area contributed by atoms with Gasteiger partial charge in [0.1, 0.15) is 5.75 Å². The van der Waals surface area contributed by atoms with Gasteiger partial charge in [0.2, 0.25) is 0 Å². The van der Waals surface area contributed by atoms with Crippen LogP contribution in [0.2, 0.25) is 0 Å². The summed E-state index contributed by atoms with van der Waals surface area (Å²) < 4.78 is 10.9. The number of aliphatic hydroxyl groups is 1. The van der Waals surface area contributed by atoms with Crippen molar-refractivity contribution in [2.24, 2.45) is 0 Å². The average molecular weight is 251 g/mol. The molecule has 1 saturated heterocycles. The Morgan fingerprint density at radius 3 is 2.94 bits per heavy atom. The van der Waals surface area contributed by atoms with Gasteiger partial charge in [0.15, 0.2) is 0 Å². The van der Waals surface area contributed by atoms with Gasteiger partial charge >= 0.3 is 0 Å². The normalized spacial score (nSPS) is 32.2. The predicted molar refractivity (Wildman–Crippen MR) is 68.6 cm³/mol. The van der Waals surface area contributed by atoms with Crippen LogP contribution in [0.25, 0.3) is 0 Å². The summed E-state index contributed by atoms with van der Waals surface area (Å²) >= 11 is 0. The number of pyridine rings is 1. The Labute approximate surface area is 108 Å². The smallest absolute Gasteiger partial charge is 0.137 e. The lowest BCUT2D eigenvalue weighted by molar-refractivity contribution is -0.157. The lowest BCUT2D eigenvalue weighted by Gasteiger charge is -2.43. The summed E-state index contributed by atoms with van der Waals surface area (Å²) in [6, 6.07) is 1.86. The van der Waals surface area contributed by atoms with E-state index in [1.807, 2.05) is 13.0 Å². The highest BCUT2D eigenvalue weighted by Gasteiger charge is 2.42. The Bertz CT molecular complexity index is 423. The molecule has 0 aromatic carbocycles. The third kappa shape index (κ3) is 2.49. The van der Waals surface area contributed by atoms with Crippen LogP contribution >= 0.6 is 0 Å². The first-order chi connectivity index (χ1) is 8.51. The van der Waals surface area contributed by atoms with Crippen molar-refractivity contribution in [3.05, 3.63) is 24.0 Å². The van der Waals surface area contributed by atoms with Gasteiger partial charge in [-0.3, -0.25) is 4.98 Å². The average Bonchev–Trinajstić information content (AvgIpc) is 2.39. The fraction of sp³-hybridized carbons (Fsp3) is 0.643. The molecule has 1 fully saturated rings. The van der Waals surface area contributed by atoms with E-state index in [2.05, 4.69) is 11.9 Å². The van der Waals surface area contributed by atoms with Gasteiger partial charge in [0.25, 0.3) is 0 Å². The number of hydrogen-bond acceptors (Lipinski definition) is 4. The summed E-state index contributed by atoms with van der Waals surface area (Å²) in [5.41, 5.74) is -0.328. The summed E-state index contributed by atoms with van der Waals surface area (Å²) in [4.78, 5) is 4.12. The fourth-order valence-electron chi connectivity index (χ4n) is 2.48. The van der Waals surface area contributed by atoms with Crippen LogP contribution in [0.3, 0.4) is 0 Å². The van der Waals surface area contributed by atoms with Gasteiger partial charge < -0.3 is 14.6 Å². The largest absolute Gasteiger partial charge is 0.495 e. The van der Waals surface area contributed by atoms with E-state index in [0.29, 0.717) is 25.2 Å². The van der Waals surface area contributed by atoms with E-state index in [0.717, 1.165) is 12.0 Å². The maximum absolute atomic E-state index is 10.9. The number of nitrogens with zero attached hydrogens (tertiary/aromatic N) is 1. The molecular formula is C14H21NO3. The molecule has 0 amide bonds. The van der Waals surface area contributed by atoms with Crippen LogP contribution in [-0.4, -0.2) is 29.4 Å². The van der Waals surface area contributed by atoms with E-state index < -0.39 is 5.60 Å².